The highest BCUT2D eigenvalue weighted by molar-refractivity contribution is 5.93. The van der Waals surface area contributed by atoms with Crippen LogP contribution in [-0.2, 0) is 6.18 Å². The Balaban J connectivity index is 1.74. The molecular formula is C17H17F3N4O. The van der Waals surface area contributed by atoms with Crippen LogP contribution in [0.5, 0.6) is 0 Å². The van der Waals surface area contributed by atoms with Gasteiger partial charge in [-0.2, -0.15) is 13.2 Å². The molecule has 1 aromatic carbocycles. The molecule has 3 rings (SSSR count). The Kier molecular flexibility index (Phi) is 4.87. The maximum atomic E-state index is 13.0. The number of hydrogen-bond donors (Lipinski definition) is 1. The number of carbonyl (C=O) groups is 1. The summed E-state index contributed by atoms with van der Waals surface area (Å²) in [6, 6.07) is 5.09. The fourth-order valence-corrected chi connectivity index (χ4v) is 2.74. The third kappa shape index (κ3) is 4.07. The molecule has 1 fully saturated rings. The quantitative estimate of drug-likeness (QED) is 0.913. The topological polar surface area (TPSA) is 58.1 Å². The first-order valence-electron chi connectivity index (χ1n) is 8.00. The predicted molar refractivity (Wildman–Crippen MR) is 86.5 cm³/mol. The third-order valence-electron chi connectivity index (χ3n) is 4.02. The van der Waals surface area contributed by atoms with Crippen LogP contribution in [0.3, 0.4) is 0 Å². The summed E-state index contributed by atoms with van der Waals surface area (Å²) in [4.78, 5) is 22.0. The lowest BCUT2D eigenvalue weighted by Crippen LogP contribution is -2.35. The van der Waals surface area contributed by atoms with Crippen LogP contribution in [0, 0.1) is 0 Å². The molecule has 1 amide bonds. The molecule has 1 aliphatic rings. The minimum Gasteiger partial charge on any atom is -0.339 e. The summed E-state index contributed by atoms with van der Waals surface area (Å²) in [5, 5.41) is 2.56. The number of nitrogens with one attached hydrogen (secondary N) is 1. The van der Waals surface area contributed by atoms with Crippen LogP contribution in [-0.4, -0.2) is 33.9 Å². The first-order chi connectivity index (χ1) is 11.9. The fraction of sp³-hybridized carbons (Fsp3) is 0.353. The van der Waals surface area contributed by atoms with Crippen LogP contribution in [0.4, 0.5) is 24.8 Å². The highest BCUT2D eigenvalue weighted by Gasteiger charge is 2.33. The van der Waals surface area contributed by atoms with E-state index in [1.807, 2.05) is 0 Å². The van der Waals surface area contributed by atoms with Gasteiger partial charge in [-0.1, -0.05) is 12.1 Å². The van der Waals surface area contributed by atoms with Crippen molar-refractivity contribution in [2.45, 2.75) is 25.4 Å². The van der Waals surface area contributed by atoms with Crippen molar-refractivity contribution in [2.75, 3.05) is 18.4 Å². The SMILES string of the molecule is O=C(c1cnc(Nc2ccccc2C(F)(F)F)nc1)N1CCCCC1. The van der Waals surface area contributed by atoms with E-state index in [-0.39, 0.29) is 17.5 Å². The van der Waals surface area contributed by atoms with Crippen LogP contribution in [0.1, 0.15) is 35.2 Å². The molecule has 0 radical (unpaired) electrons. The van der Waals surface area contributed by atoms with Crippen LogP contribution in [0.2, 0.25) is 0 Å². The van der Waals surface area contributed by atoms with Gasteiger partial charge in [-0.05, 0) is 31.4 Å². The zero-order valence-corrected chi connectivity index (χ0v) is 13.4. The van der Waals surface area contributed by atoms with Gasteiger partial charge in [0.15, 0.2) is 0 Å². The van der Waals surface area contributed by atoms with E-state index in [1.165, 1.54) is 30.6 Å². The summed E-state index contributed by atoms with van der Waals surface area (Å²) in [6.45, 7) is 1.41. The third-order valence-corrected chi connectivity index (χ3v) is 4.02. The van der Waals surface area contributed by atoms with Gasteiger partial charge in [-0.25, -0.2) is 9.97 Å². The Morgan fingerprint density at radius 2 is 1.68 bits per heavy atom. The number of halogens is 3. The lowest BCUT2D eigenvalue weighted by Gasteiger charge is -2.26. The van der Waals surface area contributed by atoms with Crippen LogP contribution >= 0.6 is 0 Å². The number of carbonyl (C=O) groups excluding carboxylic acids is 1. The Morgan fingerprint density at radius 1 is 1.04 bits per heavy atom. The number of benzene rings is 1. The standard InChI is InChI=1S/C17H17F3N4O/c18-17(19,20)13-6-2-3-7-14(13)23-16-21-10-12(11-22-16)15(25)24-8-4-1-5-9-24/h2-3,6-7,10-11H,1,4-5,8-9H2,(H,21,22,23). The molecule has 8 heteroatoms. The largest absolute Gasteiger partial charge is 0.418 e. The molecule has 0 atom stereocenters. The lowest BCUT2D eigenvalue weighted by atomic mass is 10.1. The fourth-order valence-electron chi connectivity index (χ4n) is 2.74. The molecule has 0 bridgehead atoms. The van der Waals surface area contributed by atoms with Crippen molar-refractivity contribution in [3.63, 3.8) is 0 Å². The van der Waals surface area contributed by atoms with E-state index in [1.54, 1.807) is 4.90 Å². The second-order valence-electron chi connectivity index (χ2n) is 5.82. The van der Waals surface area contributed by atoms with Crippen LogP contribution < -0.4 is 5.32 Å². The summed E-state index contributed by atoms with van der Waals surface area (Å²) in [6.07, 6.45) is 1.25. The second kappa shape index (κ2) is 7.08. The van der Waals surface area contributed by atoms with Crippen molar-refractivity contribution in [1.29, 1.82) is 0 Å². The normalized spacial score (nSPS) is 15.1. The first kappa shape index (κ1) is 17.2. The number of likely N-dealkylation sites (tertiary alicyclic amines) is 1. The van der Waals surface area contributed by atoms with E-state index < -0.39 is 11.7 Å². The molecule has 25 heavy (non-hydrogen) atoms. The number of alkyl halides is 3. The molecule has 1 aliphatic heterocycles. The van der Waals surface area contributed by atoms with Gasteiger partial charge in [0.25, 0.3) is 5.91 Å². The van der Waals surface area contributed by atoms with Gasteiger partial charge in [0.1, 0.15) is 0 Å². The molecule has 2 heterocycles. The molecule has 0 aliphatic carbocycles. The molecule has 0 spiro atoms. The average molecular weight is 350 g/mol. The smallest absolute Gasteiger partial charge is 0.339 e. The number of anilines is 2. The summed E-state index contributed by atoms with van der Waals surface area (Å²) in [7, 11) is 0. The maximum Gasteiger partial charge on any atom is 0.418 e. The number of para-hydroxylation sites is 1. The number of amides is 1. The number of nitrogens with zero attached hydrogens (tertiary/aromatic N) is 3. The van der Waals surface area contributed by atoms with Crippen molar-refractivity contribution in [2.24, 2.45) is 0 Å². The number of hydrogen-bond acceptors (Lipinski definition) is 4. The van der Waals surface area contributed by atoms with E-state index in [4.69, 9.17) is 0 Å². The summed E-state index contributed by atoms with van der Waals surface area (Å²) in [5.74, 6) is -0.145. The van der Waals surface area contributed by atoms with Crippen molar-refractivity contribution in [3.8, 4) is 0 Å². The summed E-state index contributed by atoms with van der Waals surface area (Å²) < 4.78 is 39.0. The zero-order valence-electron chi connectivity index (χ0n) is 13.4. The Bertz CT molecular complexity index is 740. The molecule has 2 aromatic rings. The minimum atomic E-state index is -4.48. The highest BCUT2D eigenvalue weighted by Crippen LogP contribution is 2.35. The Labute approximate surface area is 142 Å². The van der Waals surface area contributed by atoms with Crippen molar-refractivity contribution >= 4 is 17.5 Å². The van der Waals surface area contributed by atoms with Gasteiger partial charge in [-0.3, -0.25) is 4.79 Å². The van der Waals surface area contributed by atoms with Gasteiger partial charge in [0.05, 0.1) is 16.8 Å². The van der Waals surface area contributed by atoms with Crippen molar-refractivity contribution in [1.82, 2.24) is 14.9 Å². The van der Waals surface area contributed by atoms with E-state index in [9.17, 15) is 18.0 Å². The molecule has 1 N–H and O–H groups in total. The Hall–Kier alpha value is -2.64. The molecule has 0 saturated carbocycles. The van der Waals surface area contributed by atoms with Gasteiger partial charge in [0.2, 0.25) is 5.95 Å². The van der Waals surface area contributed by atoms with Crippen LogP contribution in [0.25, 0.3) is 0 Å². The number of piperidine rings is 1. The van der Waals surface area contributed by atoms with E-state index >= 15 is 0 Å². The van der Waals surface area contributed by atoms with Gasteiger partial charge >= 0.3 is 6.18 Å². The first-order valence-corrected chi connectivity index (χ1v) is 8.00. The minimum absolute atomic E-state index is 0.00638. The van der Waals surface area contributed by atoms with Crippen molar-refractivity contribution in [3.05, 3.63) is 47.8 Å². The summed E-state index contributed by atoms with van der Waals surface area (Å²) in [5.41, 5.74) is -0.603. The van der Waals surface area contributed by atoms with Gasteiger partial charge in [-0.15, -0.1) is 0 Å². The molecule has 1 saturated heterocycles. The molecule has 1 aromatic heterocycles. The van der Waals surface area contributed by atoms with E-state index in [0.29, 0.717) is 18.7 Å². The van der Waals surface area contributed by atoms with Crippen molar-refractivity contribution < 1.29 is 18.0 Å². The average Bonchev–Trinajstić information content (AvgIpc) is 2.62. The van der Waals surface area contributed by atoms with Gasteiger partial charge < -0.3 is 10.2 Å². The van der Waals surface area contributed by atoms with E-state index in [0.717, 1.165) is 25.3 Å². The number of aromatic nitrogens is 2. The van der Waals surface area contributed by atoms with Crippen LogP contribution in [0.15, 0.2) is 36.7 Å². The summed E-state index contributed by atoms with van der Waals surface area (Å²) >= 11 is 0. The zero-order chi connectivity index (χ0) is 17.9. The molecule has 132 valence electrons. The monoisotopic (exact) mass is 350 g/mol. The highest BCUT2D eigenvalue weighted by atomic mass is 19.4. The maximum absolute atomic E-state index is 13.0. The second-order valence-corrected chi connectivity index (χ2v) is 5.82. The molecule has 0 unspecified atom stereocenters. The Morgan fingerprint density at radius 3 is 2.32 bits per heavy atom. The predicted octanol–water partition coefficient (Wildman–Crippen LogP) is 3.87. The molecular weight excluding hydrogens is 333 g/mol. The molecule has 5 nitrogen and oxygen atoms in total. The number of rotatable bonds is 3. The lowest BCUT2D eigenvalue weighted by molar-refractivity contribution is -0.136. The van der Waals surface area contributed by atoms with Gasteiger partial charge in [0, 0.05) is 25.5 Å². The van der Waals surface area contributed by atoms with E-state index in [2.05, 4.69) is 15.3 Å².